The third kappa shape index (κ3) is 2.70. The Hall–Kier alpha value is -2.15. The third-order valence-electron chi connectivity index (χ3n) is 2.26. The Balaban J connectivity index is 1.86. The van der Waals surface area contributed by atoms with Crippen molar-refractivity contribution < 1.29 is 14.3 Å². The third-order valence-corrected chi connectivity index (χ3v) is 2.26. The molecule has 0 bridgehead atoms. The monoisotopic (exact) mass is 236 g/mol. The lowest BCUT2D eigenvalue weighted by molar-refractivity contribution is 0.0660. The molecule has 2 rings (SSSR count). The molecule has 0 spiro atoms. The maximum Gasteiger partial charge on any atom is 0.371 e. The number of carboxylic acid groups (broad SMARTS) is 1. The lowest BCUT2D eigenvalue weighted by Gasteiger charge is -2.01. The number of hydrogen-bond acceptors (Lipinski definition) is 5. The summed E-state index contributed by atoms with van der Waals surface area (Å²) >= 11 is 0. The zero-order valence-corrected chi connectivity index (χ0v) is 9.25. The van der Waals surface area contributed by atoms with E-state index in [0.29, 0.717) is 18.8 Å². The van der Waals surface area contributed by atoms with E-state index in [-0.39, 0.29) is 5.76 Å². The SMILES string of the molecule is Cn1cnnc1CNCc1ccc(C(=O)O)o1. The van der Waals surface area contributed by atoms with Crippen molar-refractivity contribution >= 4 is 5.97 Å². The number of furan rings is 1. The second kappa shape index (κ2) is 4.79. The summed E-state index contributed by atoms with van der Waals surface area (Å²) in [6, 6.07) is 3.06. The summed E-state index contributed by atoms with van der Waals surface area (Å²) in [5, 5.41) is 19.4. The van der Waals surface area contributed by atoms with Crippen LogP contribution in [0.5, 0.6) is 0 Å². The van der Waals surface area contributed by atoms with Gasteiger partial charge in [-0.15, -0.1) is 10.2 Å². The molecule has 2 heterocycles. The first kappa shape index (κ1) is 11.3. The highest BCUT2D eigenvalue weighted by Crippen LogP contribution is 2.07. The second-order valence-corrected chi connectivity index (χ2v) is 3.53. The molecular weight excluding hydrogens is 224 g/mol. The molecule has 2 N–H and O–H groups in total. The van der Waals surface area contributed by atoms with Gasteiger partial charge in [-0.3, -0.25) is 0 Å². The van der Waals surface area contributed by atoms with Gasteiger partial charge in [0.25, 0.3) is 0 Å². The molecule has 0 saturated heterocycles. The van der Waals surface area contributed by atoms with Crippen LogP contribution in [0.4, 0.5) is 0 Å². The number of carboxylic acids is 1. The molecular formula is C10H12N4O3. The average Bonchev–Trinajstić information content (AvgIpc) is 2.89. The van der Waals surface area contributed by atoms with Crippen LogP contribution in [0.3, 0.4) is 0 Å². The zero-order valence-electron chi connectivity index (χ0n) is 9.25. The largest absolute Gasteiger partial charge is 0.475 e. The van der Waals surface area contributed by atoms with Crippen molar-refractivity contribution in [2.45, 2.75) is 13.1 Å². The molecule has 17 heavy (non-hydrogen) atoms. The fraction of sp³-hybridized carbons (Fsp3) is 0.300. The summed E-state index contributed by atoms with van der Waals surface area (Å²) in [5.74, 6) is 0.254. The topological polar surface area (TPSA) is 93.2 Å². The van der Waals surface area contributed by atoms with Crippen LogP contribution >= 0.6 is 0 Å². The maximum absolute atomic E-state index is 10.6. The zero-order chi connectivity index (χ0) is 12.3. The quantitative estimate of drug-likeness (QED) is 0.780. The van der Waals surface area contributed by atoms with Crippen LogP contribution in [-0.4, -0.2) is 25.8 Å². The van der Waals surface area contributed by atoms with Gasteiger partial charge in [-0.2, -0.15) is 0 Å². The summed E-state index contributed by atoms with van der Waals surface area (Å²) in [7, 11) is 1.85. The summed E-state index contributed by atoms with van der Waals surface area (Å²) in [4.78, 5) is 10.6. The van der Waals surface area contributed by atoms with Gasteiger partial charge in [-0.05, 0) is 12.1 Å². The fourth-order valence-corrected chi connectivity index (χ4v) is 1.35. The van der Waals surface area contributed by atoms with Crippen molar-refractivity contribution in [1.29, 1.82) is 0 Å². The van der Waals surface area contributed by atoms with Crippen LogP contribution in [0, 0.1) is 0 Å². The number of nitrogens with one attached hydrogen (secondary N) is 1. The Morgan fingerprint density at radius 1 is 1.53 bits per heavy atom. The van der Waals surface area contributed by atoms with Crippen LogP contribution in [0.15, 0.2) is 22.9 Å². The van der Waals surface area contributed by atoms with E-state index < -0.39 is 5.97 Å². The standard InChI is InChI=1S/C10H12N4O3/c1-14-6-12-13-9(14)5-11-4-7-2-3-8(17-7)10(15)16/h2-3,6,11H,4-5H2,1H3,(H,15,16). The highest BCUT2D eigenvalue weighted by atomic mass is 16.4. The van der Waals surface area contributed by atoms with Crippen LogP contribution in [0.2, 0.25) is 0 Å². The highest BCUT2D eigenvalue weighted by molar-refractivity contribution is 5.84. The van der Waals surface area contributed by atoms with Gasteiger partial charge in [0, 0.05) is 7.05 Å². The molecule has 90 valence electrons. The fourth-order valence-electron chi connectivity index (χ4n) is 1.35. The molecule has 0 unspecified atom stereocenters. The Labute approximate surface area is 97.1 Å². The lowest BCUT2D eigenvalue weighted by atomic mass is 10.4. The van der Waals surface area contributed by atoms with Crippen LogP contribution in [0.1, 0.15) is 22.1 Å². The Morgan fingerprint density at radius 2 is 2.35 bits per heavy atom. The summed E-state index contributed by atoms with van der Waals surface area (Å²) < 4.78 is 6.89. The number of aromatic nitrogens is 3. The normalized spacial score (nSPS) is 10.6. The summed E-state index contributed by atoms with van der Waals surface area (Å²) in [5.41, 5.74) is 0. The van der Waals surface area contributed by atoms with Crippen molar-refractivity contribution in [2.75, 3.05) is 0 Å². The van der Waals surface area contributed by atoms with E-state index in [2.05, 4.69) is 15.5 Å². The minimum absolute atomic E-state index is 0.0551. The first-order valence-corrected chi connectivity index (χ1v) is 5.02. The lowest BCUT2D eigenvalue weighted by Crippen LogP contribution is -2.15. The van der Waals surface area contributed by atoms with Gasteiger partial charge < -0.3 is 19.4 Å². The van der Waals surface area contributed by atoms with E-state index in [9.17, 15) is 4.79 Å². The minimum Gasteiger partial charge on any atom is -0.475 e. The smallest absolute Gasteiger partial charge is 0.371 e. The van der Waals surface area contributed by atoms with E-state index in [1.54, 1.807) is 17.0 Å². The summed E-state index contributed by atoms with van der Waals surface area (Å²) in [6.07, 6.45) is 1.62. The number of aryl methyl sites for hydroxylation is 1. The van der Waals surface area contributed by atoms with E-state index in [1.165, 1.54) is 6.07 Å². The number of nitrogens with zero attached hydrogens (tertiary/aromatic N) is 3. The maximum atomic E-state index is 10.6. The molecule has 2 aromatic rings. The molecule has 7 heteroatoms. The average molecular weight is 236 g/mol. The van der Waals surface area contributed by atoms with Crippen molar-refractivity contribution in [3.05, 3.63) is 35.8 Å². The molecule has 7 nitrogen and oxygen atoms in total. The first-order chi connectivity index (χ1) is 8.16. The number of aromatic carboxylic acids is 1. The van der Waals surface area contributed by atoms with Crippen molar-refractivity contribution in [3.63, 3.8) is 0 Å². The van der Waals surface area contributed by atoms with E-state index >= 15 is 0 Å². The van der Waals surface area contributed by atoms with Crippen LogP contribution in [0.25, 0.3) is 0 Å². The van der Waals surface area contributed by atoms with Gasteiger partial charge in [0.05, 0.1) is 13.1 Å². The van der Waals surface area contributed by atoms with Gasteiger partial charge in [-0.1, -0.05) is 0 Å². The molecule has 0 aliphatic carbocycles. The van der Waals surface area contributed by atoms with Crippen LogP contribution < -0.4 is 5.32 Å². The van der Waals surface area contributed by atoms with E-state index in [4.69, 9.17) is 9.52 Å². The predicted molar refractivity (Wildman–Crippen MR) is 57.2 cm³/mol. The van der Waals surface area contributed by atoms with E-state index in [1.807, 2.05) is 7.05 Å². The molecule has 0 aliphatic heterocycles. The number of rotatable bonds is 5. The Morgan fingerprint density at radius 3 is 2.94 bits per heavy atom. The molecule has 0 aliphatic rings. The predicted octanol–water partition coefficient (Wildman–Crippen LogP) is 0.396. The molecule has 0 fully saturated rings. The van der Waals surface area contributed by atoms with Gasteiger partial charge in [0.15, 0.2) is 0 Å². The van der Waals surface area contributed by atoms with Crippen LogP contribution in [-0.2, 0) is 20.1 Å². The number of carbonyl (C=O) groups is 1. The Kier molecular flexibility index (Phi) is 3.20. The minimum atomic E-state index is -1.07. The summed E-state index contributed by atoms with van der Waals surface area (Å²) in [6.45, 7) is 0.986. The molecule has 0 aromatic carbocycles. The van der Waals surface area contributed by atoms with Gasteiger partial charge in [-0.25, -0.2) is 4.79 Å². The van der Waals surface area contributed by atoms with E-state index in [0.717, 1.165) is 5.82 Å². The number of hydrogen-bond donors (Lipinski definition) is 2. The van der Waals surface area contributed by atoms with Gasteiger partial charge in [0.2, 0.25) is 5.76 Å². The molecule has 0 amide bonds. The molecule has 0 atom stereocenters. The first-order valence-electron chi connectivity index (χ1n) is 5.02. The van der Waals surface area contributed by atoms with Crippen molar-refractivity contribution in [2.24, 2.45) is 7.05 Å². The molecule has 0 radical (unpaired) electrons. The second-order valence-electron chi connectivity index (χ2n) is 3.53. The van der Waals surface area contributed by atoms with Crippen molar-refractivity contribution in [3.8, 4) is 0 Å². The Bertz CT molecular complexity index is 517. The highest BCUT2D eigenvalue weighted by Gasteiger charge is 2.08. The molecule has 2 aromatic heterocycles. The molecule has 0 saturated carbocycles. The van der Waals surface area contributed by atoms with Gasteiger partial charge >= 0.3 is 5.97 Å². The van der Waals surface area contributed by atoms with Crippen molar-refractivity contribution in [1.82, 2.24) is 20.1 Å². The van der Waals surface area contributed by atoms with Gasteiger partial charge in [0.1, 0.15) is 17.9 Å².